The van der Waals surface area contributed by atoms with E-state index in [0.29, 0.717) is 18.3 Å². The third-order valence-electron chi connectivity index (χ3n) is 3.58. The summed E-state index contributed by atoms with van der Waals surface area (Å²) in [6.45, 7) is 10.1. The van der Waals surface area contributed by atoms with Gasteiger partial charge in [0.2, 0.25) is 0 Å². The maximum Gasteiger partial charge on any atom is 0.148 e. The molecule has 0 radical (unpaired) electrons. The molecule has 2 rings (SSSR count). The summed E-state index contributed by atoms with van der Waals surface area (Å²) >= 11 is 6.10. The average Bonchev–Trinajstić information content (AvgIpc) is 3.02. The predicted octanol–water partition coefficient (Wildman–Crippen LogP) is 3.04. The Balaban J connectivity index is 2.31. The van der Waals surface area contributed by atoms with Gasteiger partial charge in [-0.3, -0.25) is 4.68 Å². The van der Waals surface area contributed by atoms with Crippen molar-refractivity contribution in [2.75, 3.05) is 0 Å². The SMILES string of the molecule is CCc1nn(Cc2ncnn2CC(C)C)c(CC)c1CCl. The molecule has 0 unspecified atom stereocenters. The van der Waals surface area contributed by atoms with Gasteiger partial charge in [0.15, 0.2) is 0 Å². The predicted molar refractivity (Wildman–Crippen MR) is 84.5 cm³/mol. The number of nitrogens with zero attached hydrogens (tertiary/aromatic N) is 5. The summed E-state index contributed by atoms with van der Waals surface area (Å²) in [5, 5.41) is 9.03. The largest absolute Gasteiger partial charge is 0.261 e. The first-order chi connectivity index (χ1) is 10.1. The van der Waals surface area contributed by atoms with Crippen LogP contribution in [0.15, 0.2) is 6.33 Å². The van der Waals surface area contributed by atoms with Crippen LogP contribution in [-0.2, 0) is 31.8 Å². The lowest BCUT2D eigenvalue weighted by atomic mass is 10.1. The average molecular weight is 310 g/mol. The molecule has 0 aliphatic carbocycles. The maximum absolute atomic E-state index is 6.10. The second-order valence-electron chi connectivity index (χ2n) is 5.62. The molecule has 0 aliphatic rings. The van der Waals surface area contributed by atoms with Crippen molar-refractivity contribution in [2.45, 2.75) is 59.5 Å². The van der Waals surface area contributed by atoms with Crippen LogP contribution in [-0.4, -0.2) is 24.5 Å². The number of aromatic nitrogens is 5. The standard InChI is InChI=1S/C15H24ClN5/c1-5-13-12(7-16)14(6-2)20(19-13)9-15-17-10-18-21(15)8-11(3)4/h10-11H,5-9H2,1-4H3. The fourth-order valence-corrected chi connectivity index (χ4v) is 2.91. The molecule has 0 fully saturated rings. The summed E-state index contributed by atoms with van der Waals surface area (Å²) in [6, 6.07) is 0. The highest BCUT2D eigenvalue weighted by Crippen LogP contribution is 2.19. The molecule has 116 valence electrons. The van der Waals surface area contributed by atoms with Crippen LogP contribution >= 0.6 is 11.6 Å². The maximum atomic E-state index is 6.10. The van der Waals surface area contributed by atoms with Crippen LogP contribution in [0.2, 0.25) is 0 Å². The van der Waals surface area contributed by atoms with Crippen LogP contribution in [0.25, 0.3) is 0 Å². The Morgan fingerprint density at radius 1 is 1.19 bits per heavy atom. The van der Waals surface area contributed by atoms with Gasteiger partial charge in [0.1, 0.15) is 18.7 Å². The smallest absolute Gasteiger partial charge is 0.148 e. The van der Waals surface area contributed by atoms with Crippen LogP contribution in [0.3, 0.4) is 0 Å². The zero-order valence-corrected chi connectivity index (χ0v) is 14.1. The molecule has 0 aliphatic heterocycles. The van der Waals surface area contributed by atoms with Crippen molar-refractivity contribution in [3.05, 3.63) is 29.1 Å². The van der Waals surface area contributed by atoms with E-state index in [-0.39, 0.29) is 0 Å². The fourth-order valence-electron chi connectivity index (χ4n) is 2.60. The Kier molecular flexibility index (Phi) is 5.39. The molecule has 0 saturated heterocycles. The van der Waals surface area contributed by atoms with Crippen molar-refractivity contribution >= 4 is 11.6 Å². The van der Waals surface area contributed by atoms with E-state index in [9.17, 15) is 0 Å². The molecule has 0 N–H and O–H groups in total. The van der Waals surface area contributed by atoms with Gasteiger partial charge in [-0.1, -0.05) is 27.7 Å². The molecular weight excluding hydrogens is 286 g/mol. The summed E-state index contributed by atoms with van der Waals surface area (Å²) in [6.07, 6.45) is 3.45. The Hall–Kier alpha value is -1.36. The molecule has 2 aromatic rings. The van der Waals surface area contributed by atoms with Gasteiger partial charge in [0, 0.05) is 17.8 Å². The lowest BCUT2D eigenvalue weighted by Crippen LogP contribution is -2.15. The molecule has 5 nitrogen and oxygen atoms in total. The molecule has 2 heterocycles. The third kappa shape index (κ3) is 3.46. The van der Waals surface area contributed by atoms with Crippen LogP contribution in [0.1, 0.15) is 50.5 Å². The van der Waals surface area contributed by atoms with Gasteiger partial charge in [-0.2, -0.15) is 10.2 Å². The van der Waals surface area contributed by atoms with Crippen molar-refractivity contribution in [1.29, 1.82) is 0 Å². The van der Waals surface area contributed by atoms with Crippen molar-refractivity contribution in [3.63, 3.8) is 0 Å². The second kappa shape index (κ2) is 7.07. The number of aryl methyl sites for hydroxylation is 1. The second-order valence-corrected chi connectivity index (χ2v) is 5.89. The molecule has 0 saturated carbocycles. The molecule has 0 atom stereocenters. The first kappa shape index (κ1) is 16.0. The topological polar surface area (TPSA) is 48.5 Å². The van der Waals surface area contributed by atoms with Gasteiger partial charge in [0.05, 0.1) is 11.6 Å². The van der Waals surface area contributed by atoms with E-state index in [1.807, 2.05) is 9.36 Å². The quantitative estimate of drug-likeness (QED) is 0.739. The minimum atomic E-state index is 0.519. The van der Waals surface area contributed by atoms with E-state index >= 15 is 0 Å². The Labute approximate surface area is 131 Å². The van der Waals surface area contributed by atoms with Gasteiger partial charge >= 0.3 is 0 Å². The summed E-state index contributed by atoms with van der Waals surface area (Å²) in [5.41, 5.74) is 3.48. The molecule has 0 amide bonds. The molecule has 21 heavy (non-hydrogen) atoms. The Morgan fingerprint density at radius 2 is 1.95 bits per heavy atom. The zero-order chi connectivity index (χ0) is 15.4. The highest BCUT2D eigenvalue weighted by atomic mass is 35.5. The highest BCUT2D eigenvalue weighted by Gasteiger charge is 2.16. The summed E-state index contributed by atoms with van der Waals surface area (Å²) in [7, 11) is 0. The van der Waals surface area contributed by atoms with Crippen LogP contribution < -0.4 is 0 Å². The fraction of sp³-hybridized carbons (Fsp3) is 0.667. The molecule has 6 heteroatoms. The monoisotopic (exact) mass is 309 g/mol. The van der Waals surface area contributed by atoms with E-state index in [4.69, 9.17) is 16.7 Å². The number of halogens is 1. The van der Waals surface area contributed by atoms with Crippen LogP contribution in [0, 0.1) is 5.92 Å². The van der Waals surface area contributed by atoms with Gasteiger partial charge < -0.3 is 0 Å². The molecular formula is C15H24ClN5. The van der Waals surface area contributed by atoms with Crippen molar-refractivity contribution < 1.29 is 0 Å². The van der Waals surface area contributed by atoms with Gasteiger partial charge in [0.25, 0.3) is 0 Å². The molecule has 0 spiro atoms. The lowest BCUT2D eigenvalue weighted by molar-refractivity contribution is 0.454. The minimum Gasteiger partial charge on any atom is -0.261 e. The van der Waals surface area contributed by atoms with E-state index in [2.05, 4.69) is 37.8 Å². The van der Waals surface area contributed by atoms with E-state index in [1.165, 1.54) is 11.3 Å². The molecule has 0 bridgehead atoms. The van der Waals surface area contributed by atoms with Crippen LogP contribution in [0.4, 0.5) is 0 Å². The Bertz CT molecular complexity index is 585. The van der Waals surface area contributed by atoms with E-state index in [1.54, 1.807) is 6.33 Å². The first-order valence-corrected chi connectivity index (χ1v) is 8.14. The van der Waals surface area contributed by atoms with Crippen LogP contribution in [0.5, 0.6) is 0 Å². The van der Waals surface area contributed by atoms with Gasteiger partial charge in [-0.25, -0.2) is 9.67 Å². The summed E-state index contributed by atoms with van der Waals surface area (Å²) in [4.78, 5) is 4.39. The number of rotatable bonds is 7. The lowest BCUT2D eigenvalue weighted by Gasteiger charge is -2.10. The summed E-state index contributed by atoms with van der Waals surface area (Å²) < 4.78 is 4.01. The highest BCUT2D eigenvalue weighted by molar-refractivity contribution is 6.17. The normalized spacial score (nSPS) is 11.5. The summed E-state index contributed by atoms with van der Waals surface area (Å²) in [5.74, 6) is 2.01. The van der Waals surface area contributed by atoms with Crippen molar-refractivity contribution in [1.82, 2.24) is 24.5 Å². The number of alkyl halides is 1. The van der Waals surface area contributed by atoms with Crippen molar-refractivity contribution in [2.24, 2.45) is 5.92 Å². The van der Waals surface area contributed by atoms with Gasteiger partial charge in [-0.15, -0.1) is 11.6 Å². The molecule has 2 aromatic heterocycles. The minimum absolute atomic E-state index is 0.519. The number of hydrogen-bond acceptors (Lipinski definition) is 3. The number of hydrogen-bond donors (Lipinski definition) is 0. The Morgan fingerprint density at radius 3 is 2.52 bits per heavy atom. The van der Waals surface area contributed by atoms with Gasteiger partial charge in [-0.05, 0) is 18.8 Å². The van der Waals surface area contributed by atoms with E-state index in [0.717, 1.165) is 30.9 Å². The third-order valence-corrected chi connectivity index (χ3v) is 3.85. The van der Waals surface area contributed by atoms with Crippen molar-refractivity contribution in [3.8, 4) is 0 Å². The zero-order valence-electron chi connectivity index (χ0n) is 13.3. The molecule has 0 aromatic carbocycles. The van der Waals surface area contributed by atoms with E-state index < -0.39 is 0 Å². The first-order valence-electron chi connectivity index (χ1n) is 7.60.